The molecule has 2 aromatic rings. The molecular formula is C14H17ClN2. The fourth-order valence-corrected chi connectivity index (χ4v) is 1.90. The summed E-state index contributed by atoms with van der Waals surface area (Å²) in [4.78, 5) is 0. The highest BCUT2D eigenvalue weighted by atomic mass is 35.5. The fourth-order valence-electron chi connectivity index (χ4n) is 1.67. The molecule has 2 rings (SSSR count). The second kappa shape index (κ2) is 4.19. The molecule has 0 saturated carbocycles. The summed E-state index contributed by atoms with van der Waals surface area (Å²) in [6, 6.07) is 10.1. The van der Waals surface area contributed by atoms with Gasteiger partial charge in [0.05, 0.1) is 11.4 Å². The minimum absolute atomic E-state index is 0.0126. The lowest BCUT2D eigenvalue weighted by Gasteiger charge is -2.14. The normalized spacial score (nSPS) is 11.8. The van der Waals surface area contributed by atoms with Gasteiger partial charge < -0.3 is 0 Å². The van der Waals surface area contributed by atoms with E-state index in [9.17, 15) is 0 Å². The summed E-state index contributed by atoms with van der Waals surface area (Å²) in [6.45, 7) is 8.45. The summed E-state index contributed by atoms with van der Waals surface area (Å²) in [5.74, 6) is 0. The lowest BCUT2D eigenvalue weighted by Crippen LogP contribution is -2.12. The van der Waals surface area contributed by atoms with Crippen molar-refractivity contribution < 1.29 is 0 Å². The SMILES string of the molecule is Cc1cccc(-n2nc(C(C)(C)C)cc2Cl)c1. The minimum atomic E-state index is 0.0126. The van der Waals surface area contributed by atoms with Crippen molar-refractivity contribution in [2.24, 2.45) is 0 Å². The number of aromatic nitrogens is 2. The summed E-state index contributed by atoms with van der Waals surface area (Å²) in [7, 11) is 0. The lowest BCUT2D eigenvalue weighted by molar-refractivity contribution is 0.560. The molecule has 0 spiro atoms. The van der Waals surface area contributed by atoms with E-state index in [2.05, 4.69) is 44.9 Å². The maximum Gasteiger partial charge on any atom is 0.133 e. The number of halogens is 1. The summed E-state index contributed by atoms with van der Waals surface area (Å²) < 4.78 is 1.79. The molecule has 1 aromatic carbocycles. The monoisotopic (exact) mass is 248 g/mol. The lowest BCUT2D eigenvalue weighted by atomic mass is 9.93. The van der Waals surface area contributed by atoms with Crippen molar-refractivity contribution in [2.45, 2.75) is 33.1 Å². The van der Waals surface area contributed by atoms with Crippen molar-refractivity contribution in [3.63, 3.8) is 0 Å². The van der Waals surface area contributed by atoms with Crippen LogP contribution in [0.3, 0.4) is 0 Å². The average molecular weight is 249 g/mol. The van der Waals surface area contributed by atoms with Crippen molar-refractivity contribution in [2.75, 3.05) is 0 Å². The van der Waals surface area contributed by atoms with Crippen LogP contribution in [0.2, 0.25) is 5.15 Å². The van der Waals surface area contributed by atoms with Gasteiger partial charge in [0.15, 0.2) is 0 Å². The van der Waals surface area contributed by atoms with E-state index < -0.39 is 0 Å². The van der Waals surface area contributed by atoms with Crippen LogP contribution in [-0.4, -0.2) is 9.78 Å². The van der Waals surface area contributed by atoms with Crippen LogP contribution in [0.4, 0.5) is 0 Å². The van der Waals surface area contributed by atoms with E-state index >= 15 is 0 Å². The second-order valence-electron chi connectivity index (χ2n) is 5.35. The van der Waals surface area contributed by atoms with Gasteiger partial charge in [-0.25, -0.2) is 4.68 Å². The third-order valence-electron chi connectivity index (χ3n) is 2.68. The molecule has 0 N–H and O–H groups in total. The zero-order valence-corrected chi connectivity index (χ0v) is 11.4. The van der Waals surface area contributed by atoms with E-state index in [4.69, 9.17) is 11.6 Å². The molecule has 1 heterocycles. The molecule has 0 aliphatic rings. The molecule has 2 nitrogen and oxygen atoms in total. The molecule has 0 fully saturated rings. The first-order valence-electron chi connectivity index (χ1n) is 5.71. The number of nitrogens with zero attached hydrogens (tertiary/aromatic N) is 2. The fraction of sp³-hybridized carbons (Fsp3) is 0.357. The summed E-state index contributed by atoms with van der Waals surface area (Å²) >= 11 is 6.24. The summed E-state index contributed by atoms with van der Waals surface area (Å²) in [5, 5.41) is 5.23. The molecular weight excluding hydrogens is 232 g/mol. The highest BCUT2D eigenvalue weighted by Gasteiger charge is 2.19. The largest absolute Gasteiger partial charge is 0.222 e. The van der Waals surface area contributed by atoms with E-state index in [-0.39, 0.29) is 5.41 Å². The molecule has 0 bridgehead atoms. The van der Waals surface area contributed by atoms with Crippen molar-refractivity contribution in [3.8, 4) is 5.69 Å². The Balaban J connectivity index is 2.50. The van der Waals surface area contributed by atoms with Gasteiger partial charge in [-0.3, -0.25) is 0 Å². The average Bonchev–Trinajstić information content (AvgIpc) is 2.60. The predicted molar refractivity (Wildman–Crippen MR) is 72.0 cm³/mol. The Kier molecular flexibility index (Phi) is 3.00. The van der Waals surface area contributed by atoms with Crippen molar-refractivity contribution in [1.29, 1.82) is 0 Å². The molecule has 0 unspecified atom stereocenters. The van der Waals surface area contributed by atoms with E-state index in [0.29, 0.717) is 5.15 Å². The molecule has 0 aliphatic heterocycles. The molecule has 0 radical (unpaired) electrons. The van der Waals surface area contributed by atoms with Crippen molar-refractivity contribution in [3.05, 3.63) is 46.7 Å². The molecule has 0 saturated heterocycles. The van der Waals surface area contributed by atoms with Gasteiger partial charge in [-0.15, -0.1) is 0 Å². The third-order valence-corrected chi connectivity index (χ3v) is 2.95. The highest BCUT2D eigenvalue weighted by Crippen LogP contribution is 2.26. The Bertz CT molecular complexity index is 535. The Labute approximate surface area is 107 Å². The number of aryl methyl sites for hydroxylation is 1. The van der Waals surface area contributed by atoms with Crippen molar-refractivity contribution in [1.82, 2.24) is 9.78 Å². The molecule has 90 valence electrons. The van der Waals surface area contributed by atoms with E-state index in [0.717, 1.165) is 11.4 Å². The first-order chi connectivity index (χ1) is 7.88. The molecule has 0 amide bonds. The summed E-state index contributed by atoms with van der Waals surface area (Å²) in [6.07, 6.45) is 0. The third kappa shape index (κ3) is 2.52. The van der Waals surface area contributed by atoms with Crippen LogP contribution < -0.4 is 0 Å². The number of hydrogen-bond donors (Lipinski definition) is 0. The second-order valence-corrected chi connectivity index (χ2v) is 5.74. The molecule has 0 atom stereocenters. The first kappa shape index (κ1) is 12.2. The van der Waals surface area contributed by atoms with Gasteiger partial charge in [-0.05, 0) is 30.7 Å². The van der Waals surface area contributed by atoms with Gasteiger partial charge in [-0.1, -0.05) is 44.5 Å². The van der Waals surface area contributed by atoms with Gasteiger partial charge in [0.25, 0.3) is 0 Å². The van der Waals surface area contributed by atoms with E-state index in [1.165, 1.54) is 5.56 Å². The highest BCUT2D eigenvalue weighted by molar-refractivity contribution is 6.29. The number of rotatable bonds is 1. The Morgan fingerprint density at radius 2 is 1.88 bits per heavy atom. The van der Waals surface area contributed by atoms with Crippen LogP contribution in [0.5, 0.6) is 0 Å². The van der Waals surface area contributed by atoms with E-state index in [1.807, 2.05) is 18.2 Å². The zero-order valence-electron chi connectivity index (χ0n) is 10.7. The van der Waals surface area contributed by atoms with Gasteiger partial charge in [-0.2, -0.15) is 5.10 Å². The smallest absolute Gasteiger partial charge is 0.133 e. The minimum Gasteiger partial charge on any atom is -0.222 e. The zero-order chi connectivity index (χ0) is 12.6. The quantitative estimate of drug-likeness (QED) is 0.742. The number of hydrogen-bond acceptors (Lipinski definition) is 1. The Hall–Kier alpha value is -1.28. The van der Waals surface area contributed by atoms with Gasteiger partial charge in [0.1, 0.15) is 5.15 Å². The molecule has 1 aromatic heterocycles. The van der Waals surface area contributed by atoms with Crippen LogP contribution in [-0.2, 0) is 5.41 Å². The van der Waals surface area contributed by atoms with Crippen LogP contribution in [0, 0.1) is 6.92 Å². The summed E-state index contributed by atoms with van der Waals surface area (Å²) in [5.41, 5.74) is 3.22. The molecule has 0 aliphatic carbocycles. The van der Waals surface area contributed by atoms with Gasteiger partial charge in [0.2, 0.25) is 0 Å². The molecule has 17 heavy (non-hydrogen) atoms. The first-order valence-corrected chi connectivity index (χ1v) is 6.09. The Morgan fingerprint density at radius 1 is 1.18 bits per heavy atom. The maximum atomic E-state index is 6.24. The molecule has 3 heteroatoms. The van der Waals surface area contributed by atoms with Gasteiger partial charge >= 0.3 is 0 Å². The van der Waals surface area contributed by atoms with Crippen LogP contribution in [0.1, 0.15) is 32.0 Å². The Morgan fingerprint density at radius 3 is 2.41 bits per heavy atom. The predicted octanol–water partition coefficient (Wildman–Crippen LogP) is 4.13. The maximum absolute atomic E-state index is 6.24. The van der Waals surface area contributed by atoms with E-state index in [1.54, 1.807) is 4.68 Å². The standard InChI is InChI=1S/C14H17ClN2/c1-10-6-5-7-11(8-10)17-13(15)9-12(16-17)14(2,3)4/h5-9H,1-4H3. The topological polar surface area (TPSA) is 17.8 Å². The van der Waals surface area contributed by atoms with Crippen LogP contribution in [0.25, 0.3) is 5.69 Å². The van der Waals surface area contributed by atoms with Gasteiger partial charge in [0, 0.05) is 5.41 Å². The van der Waals surface area contributed by atoms with Crippen LogP contribution in [0.15, 0.2) is 30.3 Å². The van der Waals surface area contributed by atoms with Crippen LogP contribution >= 0.6 is 11.6 Å². The van der Waals surface area contributed by atoms with Crippen molar-refractivity contribution >= 4 is 11.6 Å². The number of benzene rings is 1.